The van der Waals surface area contributed by atoms with Crippen LogP contribution in [0.4, 0.5) is 4.39 Å². The summed E-state index contributed by atoms with van der Waals surface area (Å²) in [7, 11) is -0.935. The van der Waals surface area contributed by atoms with Crippen molar-refractivity contribution < 1.29 is 12.8 Å². The molecule has 22 heavy (non-hydrogen) atoms. The highest BCUT2D eigenvalue weighted by molar-refractivity contribution is 7.89. The maximum absolute atomic E-state index is 13.1. The normalized spacial score (nSPS) is 11.6. The van der Waals surface area contributed by atoms with Crippen molar-refractivity contribution in [2.45, 2.75) is 11.5 Å². The molecule has 0 amide bonds. The zero-order chi connectivity index (χ0) is 16.5. The number of nitrogens with zero attached hydrogens (tertiary/aromatic N) is 2. The average Bonchev–Trinajstić information content (AvgIpc) is 2.41. The molecule has 2 aromatic rings. The van der Waals surface area contributed by atoms with Gasteiger partial charge in [-0.3, -0.25) is 13.9 Å². The number of hydrogen-bond donors (Lipinski definition) is 0. The van der Waals surface area contributed by atoms with Gasteiger partial charge in [0.25, 0.3) is 5.56 Å². The van der Waals surface area contributed by atoms with Crippen LogP contribution in [0.2, 0.25) is 0 Å². The second kappa shape index (κ2) is 5.88. The van der Waals surface area contributed by atoms with E-state index in [1.807, 2.05) is 0 Å². The predicted molar refractivity (Wildman–Crippen MR) is 79.7 cm³/mol. The number of halogens is 1. The van der Waals surface area contributed by atoms with Gasteiger partial charge in [0.2, 0.25) is 0 Å². The Hall–Kier alpha value is -2.22. The molecule has 0 atom stereocenters. The molecule has 0 unspecified atom stereocenters. The zero-order valence-corrected chi connectivity index (χ0v) is 12.9. The van der Waals surface area contributed by atoms with E-state index in [2.05, 4.69) is 0 Å². The molecule has 0 saturated carbocycles. The molecule has 1 heterocycles. The minimum atomic E-state index is -3.65. The van der Waals surface area contributed by atoms with E-state index < -0.39 is 32.7 Å². The topological polar surface area (TPSA) is 78.1 Å². The summed E-state index contributed by atoms with van der Waals surface area (Å²) in [6.07, 6.45) is 0. The van der Waals surface area contributed by atoms with Gasteiger partial charge >= 0.3 is 5.69 Å². The summed E-state index contributed by atoms with van der Waals surface area (Å²) in [4.78, 5) is 23.4. The van der Waals surface area contributed by atoms with Gasteiger partial charge in [-0.2, -0.15) is 0 Å². The van der Waals surface area contributed by atoms with Crippen LogP contribution in [0.25, 0.3) is 0 Å². The molecule has 0 aliphatic heterocycles. The lowest BCUT2D eigenvalue weighted by Gasteiger charge is -2.10. The molecule has 1 aromatic heterocycles. The Morgan fingerprint density at radius 3 is 2.36 bits per heavy atom. The van der Waals surface area contributed by atoms with Gasteiger partial charge in [0.15, 0.2) is 9.84 Å². The van der Waals surface area contributed by atoms with Crippen LogP contribution in [-0.2, 0) is 35.4 Å². The van der Waals surface area contributed by atoms with Crippen molar-refractivity contribution in [3.63, 3.8) is 0 Å². The number of hydrogen-bond acceptors (Lipinski definition) is 4. The van der Waals surface area contributed by atoms with Gasteiger partial charge in [-0.25, -0.2) is 17.6 Å². The summed E-state index contributed by atoms with van der Waals surface area (Å²) in [5.74, 6) is -1.35. The van der Waals surface area contributed by atoms with Gasteiger partial charge in [-0.05, 0) is 17.7 Å². The van der Waals surface area contributed by atoms with Crippen LogP contribution in [0.5, 0.6) is 0 Å². The highest BCUT2D eigenvalue weighted by Crippen LogP contribution is 2.12. The minimum Gasteiger partial charge on any atom is -0.300 e. The number of benzene rings is 1. The molecule has 0 bridgehead atoms. The number of rotatable bonds is 4. The molecule has 2 rings (SSSR count). The average molecular weight is 326 g/mol. The first-order valence-electron chi connectivity index (χ1n) is 6.40. The highest BCUT2D eigenvalue weighted by Gasteiger charge is 2.17. The van der Waals surface area contributed by atoms with E-state index in [1.165, 1.54) is 32.3 Å². The molecule has 0 aliphatic rings. The first-order chi connectivity index (χ1) is 10.2. The maximum Gasteiger partial charge on any atom is 0.330 e. The quantitative estimate of drug-likeness (QED) is 0.811. The van der Waals surface area contributed by atoms with Gasteiger partial charge < -0.3 is 0 Å². The minimum absolute atomic E-state index is 0.101. The third kappa shape index (κ3) is 3.51. The van der Waals surface area contributed by atoms with Gasteiger partial charge in [0.05, 0.1) is 11.5 Å². The molecule has 118 valence electrons. The first kappa shape index (κ1) is 16.2. The number of aromatic nitrogens is 2. The predicted octanol–water partition coefficient (Wildman–Crippen LogP) is 0.338. The fourth-order valence-corrected chi connectivity index (χ4v) is 3.59. The van der Waals surface area contributed by atoms with Gasteiger partial charge in [0.1, 0.15) is 5.82 Å². The summed E-state index contributed by atoms with van der Waals surface area (Å²) >= 11 is 0. The van der Waals surface area contributed by atoms with Crippen LogP contribution < -0.4 is 11.2 Å². The second-order valence-corrected chi connectivity index (χ2v) is 7.10. The van der Waals surface area contributed by atoms with Crippen LogP contribution in [0, 0.1) is 5.82 Å². The van der Waals surface area contributed by atoms with Gasteiger partial charge in [-0.1, -0.05) is 12.1 Å². The molecule has 0 saturated heterocycles. The fraction of sp³-hybridized carbons (Fsp3) is 0.286. The Morgan fingerprint density at radius 1 is 1.05 bits per heavy atom. The Morgan fingerprint density at radius 2 is 1.73 bits per heavy atom. The van der Waals surface area contributed by atoms with E-state index in [9.17, 15) is 22.4 Å². The van der Waals surface area contributed by atoms with Crippen LogP contribution in [0.15, 0.2) is 39.9 Å². The molecule has 1 aromatic carbocycles. The largest absolute Gasteiger partial charge is 0.330 e. The van der Waals surface area contributed by atoms with Crippen molar-refractivity contribution in [1.29, 1.82) is 0 Å². The molecule has 0 spiro atoms. The Labute approximate surface area is 126 Å². The molecular weight excluding hydrogens is 311 g/mol. The van der Waals surface area contributed by atoms with Crippen molar-refractivity contribution in [2.75, 3.05) is 0 Å². The highest BCUT2D eigenvalue weighted by atomic mass is 32.2. The van der Waals surface area contributed by atoms with E-state index in [-0.39, 0.29) is 11.4 Å². The molecular formula is C14H15FN2O4S. The standard InChI is InChI=1S/C14H15FN2O4S/c1-16-12(7-13(18)17(2)14(16)19)9-22(20,21)8-10-4-3-5-11(15)6-10/h3-7H,8-9H2,1-2H3. The Bertz CT molecular complexity index is 929. The van der Waals surface area contributed by atoms with E-state index in [0.29, 0.717) is 5.56 Å². The fourth-order valence-electron chi connectivity index (χ4n) is 2.07. The summed E-state index contributed by atoms with van der Waals surface area (Å²) in [5.41, 5.74) is -0.749. The summed E-state index contributed by atoms with van der Waals surface area (Å²) in [6.45, 7) is 0. The van der Waals surface area contributed by atoms with E-state index in [0.717, 1.165) is 21.3 Å². The maximum atomic E-state index is 13.1. The lowest BCUT2D eigenvalue weighted by atomic mass is 10.2. The van der Waals surface area contributed by atoms with E-state index in [4.69, 9.17) is 0 Å². The summed E-state index contributed by atoms with van der Waals surface area (Å²) < 4.78 is 39.5. The van der Waals surface area contributed by atoms with Crippen molar-refractivity contribution >= 4 is 9.84 Å². The number of sulfone groups is 1. The molecule has 8 heteroatoms. The summed E-state index contributed by atoms with van der Waals surface area (Å²) in [6, 6.07) is 6.41. The molecule has 0 aliphatic carbocycles. The van der Waals surface area contributed by atoms with Crippen molar-refractivity contribution in [2.24, 2.45) is 14.1 Å². The Kier molecular flexibility index (Phi) is 4.32. The Balaban J connectivity index is 2.34. The van der Waals surface area contributed by atoms with Crippen LogP contribution >= 0.6 is 0 Å². The second-order valence-electron chi connectivity index (χ2n) is 5.04. The van der Waals surface area contributed by atoms with Gasteiger partial charge in [0, 0.05) is 25.9 Å². The lowest BCUT2D eigenvalue weighted by molar-refractivity contribution is 0.588. The third-order valence-corrected chi connectivity index (χ3v) is 4.78. The van der Waals surface area contributed by atoms with Crippen LogP contribution in [0.3, 0.4) is 0 Å². The van der Waals surface area contributed by atoms with Crippen molar-refractivity contribution in [1.82, 2.24) is 9.13 Å². The van der Waals surface area contributed by atoms with Crippen LogP contribution in [-0.4, -0.2) is 17.6 Å². The molecule has 0 fully saturated rings. The monoisotopic (exact) mass is 326 g/mol. The molecule has 0 radical (unpaired) electrons. The molecule has 6 nitrogen and oxygen atoms in total. The van der Waals surface area contributed by atoms with E-state index >= 15 is 0 Å². The van der Waals surface area contributed by atoms with Crippen molar-refractivity contribution in [3.8, 4) is 0 Å². The smallest absolute Gasteiger partial charge is 0.300 e. The van der Waals surface area contributed by atoms with Crippen LogP contribution in [0.1, 0.15) is 11.3 Å². The SMILES string of the molecule is Cn1c(CS(=O)(=O)Cc2cccc(F)c2)cc(=O)n(C)c1=O. The van der Waals surface area contributed by atoms with Gasteiger partial charge in [-0.15, -0.1) is 0 Å². The lowest BCUT2D eigenvalue weighted by Crippen LogP contribution is -2.38. The summed E-state index contributed by atoms with van der Waals surface area (Å²) in [5, 5.41) is 0. The van der Waals surface area contributed by atoms with E-state index in [1.54, 1.807) is 0 Å². The van der Waals surface area contributed by atoms with Crippen molar-refractivity contribution in [3.05, 3.63) is 68.2 Å². The first-order valence-corrected chi connectivity index (χ1v) is 8.22. The third-order valence-electron chi connectivity index (χ3n) is 3.27. The molecule has 0 N–H and O–H groups in total. The zero-order valence-electron chi connectivity index (χ0n) is 12.1.